The quantitative estimate of drug-likeness (QED) is 0.853. The van der Waals surface area contributed by atoms with E-state index in [2.05, 4.69) is 4.98 Å². The van der Waals surface area contributed by atoms with Gasteiger partial charge >= 0.3 is 0 Å². The van der Waals surface area contributed by atoms with Crippen molar-refractivity contribution < 1.29 is 14.2 Å². The molecule has 0 aliphatic carbocycles. The van der Waals surface area contributed by atoms with Gasteiger partial charge in [0.1, 0.15) is 18.2 Å². The van der Waals surface area contributed by atoms with Gasteiger partial charge in [-0.3, -0.25) is 0 Å². The van der Waals surface area contributed by atoms with E-state index >= 15 is 0 Å². The van der Waals surface area contributed by atoms with Gasteiger partial charge in [0, 0.05) is 18.1 Å². The lowest BCUT2D eigenvalue weighted by atomic mass is 10.1. The van der Waals surface area contributed by atoms with Gasteiger partial charge in [0.25, 0.3) is 0 Å². The lowest BCUT2D eigenvalue weighted by molar-refractivity contribution is 0.171. The van der Waals surface area contributed by atoms with Crippen molar-refractivity contribution in [1.82, 2.24) is 4.98 Å². The zero-order valence-corrected chi connectivity index (χ0v) is 10.8. The third-order valence-electron chi connectivity index (χ3n) is 2.66. The third-order valence-corrected chi connectivity index (χ3v) is 3.48. The highest BCUT2D eigenvalue weighted by Gasteiger charge is 2.13. The van der Waals surface area contributed by atoms with Crippen LogP contribution >= 0.6 is 11.3 Å². The summed E-state index contributed by atoms with van der Waals surface area (Å²) >= 11 is 1.60. The maximum absolute atomic E-state index is 5.57. The molecule has 0 N–H and O–H groups in total. The van der Waals surface area contributed by atoms with E-state index < -0.39 is 0 Å². The molecule has 1 aromatic carbocycles. The van der Waals surface area contributed by atoms with Crippen molar-refractivity contribution in [3.63, 3.8) is 0 Å². The van der Waals surface area contributed by atoms with E-state index in [1.165, 1.54) is 0 Å². The van der Waals surface area contributed by atoms with Gasteiger partial charge in [-0.1, -0.05) is 0 Å². The zero-order valence-electron chi connectivity index (χ0n) is 10.0. The van der Waals surface area contributed by atoms with Crippen molar-refractivity contribution in [2.24, 2.45) is 0 Å². The Kier molecular flexibility index (Phi) is 3.17. The number of fused-ring (bicyclic) bond motifs is 1. The van der Waals surface area contributed by atoms with Crippen LogP contribution < -0.4 is 9.47 Å². The molecular formula is C13H13NO3S. The summed E-state index contributed by atoms with van der Waals surface area (Å²) in [7, 11) is 1.67. The maximum atomic E-state index is 5.57. The minimum Gasteiger partial charge on any atom is -0.486 e. The second-order valence-electron chi connectivity index (χ2n) is 3.92. The summed E-state index contributed by atoms with van der Waals surface area (Å²) in [6.07, 6.45) is 0. The second-order valence-corrected chi connectivity index (χ2v) is 4.86. The fourth-order valence-corrected chi connectivity index (χ4v) is 2.61. The van der Waals surface area contributed by atoms with E-state index in [-0.39, 0.29) is 0 Å². The lowest BCUT2D eigenvalue weighted by Gasteiger charge is -2.18. The summed E-state index contributed by atoms with van der Waals surface area (Å²) in [6, 6.07) is 5.90. The summed E-state index contributed by atoms with van der Waals surface area (Å²) in [5.41, 5.74) is 1.99. The first kappa shape index (κ1) is 11.5. The van der Waals surface area contributed by atoms with Crippen molar-refractivity contribution in [2.75, 3.05) is 20.3 Å². The highest BCUT2D eigenvalue weighted by atomic mass is 32.1. The van der Waals surface area contributed by atoms with Crippen LogP contribution in [0.15, 0.2) is 23.6 Å². The molecule has 0 amide bonds. The van der Waals surface area contributed by atoms with E-state index in [0.717, 1.165) is 27.8 Å². The molecule has 18 heavy (non-hydrogen) atoms. The van der Waals surface area contributed by atoms with Crippen LogP contribution in [-0.2, 0) is 11.3 Å². The molecule has 0 saturated heterocycles. The minimum atomic E-state index is 0.551. The van der Waals surface area contributed by atoms with Crippen molar-refractivity contribution >= 4 is 11.3 Å². The Hall–Kier alpha value is -1.59. The molecule has 5 heteroatoms. The van der Waals surface area contributed by atoms with Crippen LogP contribution in [0.25, 0.3) is 11.3 Å². The van der Waals surface area contributed by atoms with Gasteiger partial charge in [0.2, 0.25) is 0 Å². The van der Waals surface area contributed by atoms with Crippen LogP contribution in [-0.4, -0.2) is 25.3 Å². The van der Waals surface area contributed by atoms with E-state index in [9.17, 15) is 0 Å². The molecule has 2 heterocycles. The summed E-state index contributed by atoms with van der Waals surface area (Å²) in [5, 5.41) is 3.00. The van der Waals surface area contributed by atoms with Crippen LogP contribution in [0.5, 0.6) is 11.5 Å². The fraction of sp³-hybridized carbons (Fsp3) is 0.308. The molecule has 3 rings (SSSR count). The molecule has 1 aliphatic rings. The molecular weight excluding hydrogens is 250 g/mol. The number of thiazole rings is 1. The average Bonchev–Trinajstić information content (AvgIpc) is 2.87. The van der Waals surface area contributed by atoms with Crippen molar-refractivity contribution in [2.45, 2.75) is 6.61 Å². The Labute approximate surface area is 109 Å². The second kappa shape index (κ2) is 4.96. The standard InChI is InChI=1S/C13H13NO3S/c1-15-7-13-14-10(8-18-13)9-2-3-11-12(6-9)17-5-4-16-11/h2-3,6,8H,4-5,7H2,1H3. The van der Waals surface area contributed by atoms with E-state index in [1.807, 2.05) is 23.6 Å². The SMILES string of the molecule is COCc1nc(-c2ccc3c(c2)OCCO3)cs1. The van der Waals surface area contributed by atoms with Gasteiger partial charge in [-0.15, -0.1) is 11.3 Å². The molecule has 0 unspecified atom stereocenters. The molecule has 0 saturated carbocycles. The first-order chi connectivity index (χ1) is 8.86. The molecule has 1 aromatic heterocycles. The normalized spacial score (nSPS) is 13.6. The number of benzene rings is 1. The van der Waals surface area contributed by atoms with Gasteiger partial charge in [0.05, 0.1) is 12.3 Å². The Balaban J connectivity index is 1.91. The highest BCUT2D eigenvalue weighted by molar-refractivity contribution is 7.09. The number of hydrogen-bond acceptors (Lipinski definition) is 5. The first-order valence-corrected chi connectivity index (χ1v) is 6.58. The predicted molar refractivity (Wildman–Crippen MR) is 69.3 cm³/mol. The Bertz CT molecular complexity index is 553. The van der Waals surface area contributed by atoms with Gasteiger partial charge in [-0.2, -0.15) is 0 Å². The van der Waals surface area contributed by atoms with Crippen LogP contribution in [0.4, 0.5) is 0 Å². The van der Waals surface area contributed by atoms with E-state index in [4.69, 9.17) is 14.2 Å². The van der Waals surface area contributed by atoms with E-state index in [1.54, 1.807) is 18.4 Å². The Morgan fingerprint density at radius 1 is 1.28 bits per heavy atom. The molecule has 1 aliphatic heterocycles. The lowest BCUT2D eigenvalue weighted by Crippen LogP contribution is -2.15. The summed E-state index contributed by atoms with van der Waals surface area (Å²) < 4.78 is 16.1. The Morgan fingerprint density at radius 2 is 2.11 bits per heavy atom. The van der Waals surface area contributed by atoms with Gasteiger partial charge in [0.15, 0.2) is 11.5 Å². The summed E-state index contributed by atoms with van der Waals surface area (Å²) in [6.45, 7) is 1.76. The number of rotatable bonds is 3. The topological polar surface area (TPSA) is 40.6 Å². The molecule has 0 radical (unpaired) electrons. The van der Waals surface area contributed by atoms with Crippen molar-refractivity contribution in [1.29, 1.82) is 0 Å². The molecule has 0 bridgehead atoms. The maximum Gasteiger partial charge on any atom is 0.162 e. The number of ether oxygens (including phenoxy) is 3. The molecule has 0 atom stereocenters. The van der Waals surface area contributed by atoms with Crippen LogP contribution in [0.1, 0.15) is 5.01 Å². The highest BCUT2D eigenvalue weighted by Crippen LogP contribution is 2.34. The third kappa shape index (κ3) is 2.19. The summed E-state index contributed by atoms with van der Waals surface area (Å²) in [4.78, 5) is 4.52. The number of aromatic nitrogens is 1. The van der Waals surface area contributed by atoms with Crippen LogP contribution in [0.2, 0.25) is 0 Å². The van der Waals surface area contributed by atoms with Crippen LogP contribution in [0, 0.1) is 0 Å². The summed E-state index contributed by atoms with van der Waals surface area (Å²) in [5.74, 6) is 1.59. The molecule has 94 valence electrons. The number of methoxy groups -OCH3 is 1. The molecule has 0 fully saturated rings. The first-order valence-electron chi connectivity index (χ1n) is 5.70. The molecule has 0 spiro atoms. The van der Waals surface area contributed by atoms with Gasteiger partial charge < -0.3 is 14.2 Å². The monoisotopic (exact) mass is 263 g/mol. The van der Waals surface area contributed by atoms with Crippen molar-refractivity contribution in [3.05, 3.63) is 28.6 Å². The van der Waals surface area contributed by atoms with E-state index in [0.29, 0.717) is 19.8 Å². The fourth-order valence-electron chi connectivity index (χ4n) is 1.84. The molecule has 2 aromatic rings. The smallest absolute Gasteiger partial charge is 0.162 e. The average molecular weight is 263 g/mol. The predicted octanol–water partition coefficient (Wildman–Crippen LogP) is 2.73. The number of hydrogen-bond donors (Lipinski definition) is 0. The molecule has 4 nitrogen and oxygen atoms in total. The van der Waals surface area contributed by atoms with Crippen molar-refractivity contribution in [3.8, 4) is 22.8 Å². The largest absolute Gasteiger partial charge is 0.486 e. The van der Waals surface area contributed by atoms with Crippen LogP contribution in [0.3, 0.4) is 0 Å². The zero-order chi connectivity index (χ0) is 12.4. The number of nitrogens with zero attached hydrogens (tertiary/aromatic N) is 1. The van der Waals surface area contributed by atoms with Gasteiger partial charge in [-0.05, 0) is 18.2 Å². The minimum absolute atomic E-state index is 0.551. The Morgan fingerprint density at radius 3 is 2.94 bits per heavy atom. The van der Waals surface area contributed by atoms with Gasteiger partial charge in [-0.25, -0.2) is 4.98 Å².